The SMILES string of the molecule is C=CNc1cc(C(O)c2ccc(N)cc2)ccc1F.CC/C=C(/C=C(/C)Nc1cccc(CC)c1)C(F)(F)F. The lowest BCUT2D eigenvalue weighted by molar-refractivity contribution is -0.0884. The predicted octanol–water partition coefficient (Wildman–Crippen LogP) is 8.51. The van der Waals surface area contributed by atoms with Gasteiger partial charge in [0.15, 0.2) is 0 Å². The van der Waals surface area contributed by atoms with Crippen LogP contribution in [-0.4, -0.2) is 11.3 Å². The number of aliphatic hydroxyl groups excluding tert-OH is 1. The van der Waals surface area contributed by atoms with Crippen molar-refractivity contribution in [2.75, 3.05) is 16.4 Å². The summed E-state index contributed by atoms with van der Waals surface area (Å²) in [7, 11) is 0. The summed E-state index contributed by atoms with van der Waals surface area (Å²) in [6.07, 6.45) is -0.185. The van der Waals surface area contributed by atoms with Crippen molar-refractivity contribution >= 4 is 17.1 Å². The third-order valence-corrected chi connectivity index (χ3v) is 5.62. The van der Waals surface area contributed by atoms with Crippen molar-refractivity contribution in [1.82, 2.24) is 0 Å². The molecule has 0 aliphatic heterocycles. The van der Waals surface area contributed by atoms with E-state index in [1.807, 2.05) is 31.2 Å². The van der Waals surface area contributed by atoms with Gasteiger partial charge in [-0.1, -0.05) is 56.8 Å². The Hall–Kier alpha value is -4.04. The molecule has 0 radical (unpaired) electrons. The first kappa shape index (κ1) is 31.2. The number of hydrogen-bond acceptors (Lipinski definition) is 4. The first-order valence-corrected chi connectivity index (χ1v) is 12.5. The van der Waals surface area contributed by atoms with E-state index in [4.69, 9.17) is 5.73 Å². The van der Waals surface area contributed by atoms with E-state index in [-0.39, 0.29) is 5.69 Å². The van der Waals surface area contributed by atoms with E-state index in [2.05, 4.69) is 17.2 Å². The number of halogens is 4. The molecular formula is C31H35F4N3O. The highest BCUT2D eigenvalue weighted by atomic mass is 19.4. The fraction of sp³-hybridized carbons (Fsp3) is 0.226. The summed E-state index contributed by atoms with van der Waals surface area (Å²) >= 11 is 0. The molecule has 0 aliphatic carbocycles. The van der Waals surface area contributed by atoms with Crippen LogP contribution < -0.4 is 16.4 Å². The number of nitrogen functional groups attached to an aromatic ring is 1. The van der Waals surface area contributed by atoms with Gasteiger partial charge in [0.25, 0.3) is 0 Å². The highest BCUT2D eigenvalue weighted by Gasteiger charge is 2.31. The van der Waals surface area contributed by atoms with E-state index < -0.39 is 23.7 Å². The summed E-state index contributed by atoms with van der Waals surface area (Å²) in [6, 6.07) is 19.0. The molecule has 208 valence electrons. The number of anilines is 3. The second-order valence-corrected chi connectivity index (χ2v) is 8.73. The smallest absolute Gasteiger partial charge is 0.399 e. The molecule has 5 N–H and O–H groups in total. The molecule has 1 atom stereocenters. The maximum absolute atomic E-state index is 13.5. The zero-order valence-electron chi connectivity index (χ0n) is 22.3. The van der Waals surface area contributed by atoms with Crippen molar-refractivity contribution in [3.63, 3.8) is 0 Å². The summed E-state index contributed by atoms with van der Waals surface area (Å²) in [5, 5.41) is 15.9. The standard InChI is InChI=1S/C16H20F3N.C15H15FN2O/c1-4-7-14(16(17,18)19)10-12(3)20-15-9-6-8-13(5-2)11-15;1-2-18-14-9-11(5-8-13(14)16)15(19)10-3-6-12(17)7-4-10/h6-11,20H,4-5H2,1-3H3;2-9,15,18-19H,1,17H2/b12-10-,14-7-;. The van der Waals surface area contributed by atoms with Gasteiger partial charge in [0.05, 0.1) is 11.3 Å². The maximum Gasteiger partial charge on any atom is 0.416 e. The highest BCUT2D eigenvalue weighted by Crippen LogP contribution is 2.28. The zero-order valence-corrected chi connectivity index (χ0v) is 22.3. The summed E-state index contributed by atoms with van der Waals surface area (Å²) in [5.41, 5.74) is 9.59. The van der Waals surface area contributed by atoms with Gasteiger partial charge in [-0.25, -0.2) is 4.39 Å². The molecule has 0 fully saturated rings. The lowest BCUT2D eigenvalue weighted by atomic mass is 10.0. The van der Waals surface area contributed by atoms with Crippen LogP contribution in [0.4, 0.5) is 34.6 Å². The Kier molecular flexibility index (Phi) is 11.8. The molecule has 0 saturated carbocycles. The van der Waals surface area contributed by atoms with Gasteiger partial charge in [-0.2, -0.15) is 13.2 Å². The molecule has 0 amide bonds. The molecule has 0 saturated heterocycles. The average Bonchev–Trinajstić information content (AvgIpc) is 2.90. The Labute approximate surface area is 227 Å². The van der Waals surface area contributed by atoms with Gasteiger partial charge >= 0.3 is 6.18 Å². The number of rotatable bonds is 9. The number of alkyl halides is 3. The topological polar surface area (TPSA) is 70.3 Å². The maximum atomic E-state index is 13.5. The molecule has 0 aromatic heterocycles. The molecule has 3 aromatic carbocycles. The van der Waals surface area contributed by atoms with Gasteiger partial charge in [-0.05, 0) is 85.1 Å². The average molecular weight is 542 g/mol. The summed E-state index contributed by atoms with van der Waals surface area (Å²) in [5.74, 6) is -0.395. The van der Waals surface area contributed by atoms with E-state index >= 15 is 0 Å². The molecule has 4 nitrogen and oxygen atoms in total. The Balaban J connectivity index is 0.000000274. The van der Waals surface area contributed by atoms with Crippen molar-refractivity contribution in [2.45, 2.75) is 45.9 Å². The van der Waals surface area contributed by atoms with Crippen LogP contribution in [0, 0.1) is 5.82 Å². The second kappa shape index (κ2) is 14.8. The normalized spacial score (nSPS) is 12.7. The number of nitrogens with two attached hydrogens (primary N) is 1. The Morgan fingerprint density at radius 2 is 1.69 bits per heavy atom. The Morgan fingerprint density at radius 3 is 2.28 bits per heavy atom. The van der Waals surface area contributed by atoms with Crippen molar-refractivity contribution in [2.24, 2.45) is 0 Å². The zero-order chi connectivity index (χ0) is 29.0. The minimum atomic E-state index is -4.32. The van der Waals surface area contributed by atoms with Crippen molar-refractivity contribution < 1.29 is 22.7 Å². The largest absolute Gasteiger partial charge is 0.416 e. The first-order chi connectivity index (χ1) is 18.5. The van der Waals surface area contributed by atoms with E-state index in [1.165, 1.54) is 18.3 Å². The van der Waals surface area contributed by atoms with Crippen LogP contribution in [0.1, 0.15) is 50.0 Å². The minimum Gasteiger partial charge on any atom is -0.399 e. The monoisotopic (exact) mass is 541 g/mol. The Bertz CT molecular complexity index is 1280. The molecule has 0 heterocycles. The molecule has 0 bridgehead atoms. The lowest BCUT2D eigenvalue weighted by Crippen LogP contribution is -2.11. The van der Waals surface area contributed by atoms with Crippen molar-refractivity contribution in [1.29, 1.82) is 0 Å². The predicted molar refractivity (Wildman–Crippen MR) is 153 cm³/mol. The number of nitrogens with one attached hydrogen (secondary N) is 2. The van der Waals surface area contributed by atoms with Gasteiger partial charge in [-0.3, -0.25) is 0 Å². The molecule has 39 heavy (non-hydrogen) atoms. The van der Waals surface area contributed by atoms with Gasteiger partial charge in [0.1, 0.15) is 11.9 Å². The van der Waals surface area contributed by atoms with Gasteiger partial charge < -0.3 is 21.5 Å². The van der Waals surface area contributed by atoms with Gasteiger partial charge in [-0.15, -0.1) is 0 Å². The summed E-state index contributed by atoms with van der Waals surface area (Å²) < 4.78 is 51.8. The molecule has 0 aliphatic rings. The van der Waals surface area contributed by atoms with Crippen LogP contribution in [0.5, 0.6) is 0 Å². The second-order valence-electron chi connectivity index (χ2n) is 8.73. The molecule has 8 heteroatoms. The minimum absolute atomic E-state index is 0.280. The van der Waals surface area contributed by atoms with Crippen molar-refractivity contribution in [3.8, 4) is 0 Å². The quantitative estimate of drug-likeness (QED) is 0.125. The van der Waals surface area contributed by atoms with Crippen LogP contribution in [0.2, 0.25) is 0 Å². The number of hydrogen-bond donors (Lipinski definition) is 4. The van der Waals surface area contributed by atoms with E-state index in [0.717, 1.165) is 23.7 Å². The lowest BCUT2D eigenvalue weighted by Gasteiger charge is -2.13. The van der Waals surface area contributed by atoms with Gasteiger partial charge in [0.2, 0.25) is 0 Å². The van der Waals surface area contributed by atoms with E-state index in [0.29, 0.717) is 28.9 Å². The molecular weight excluding hydrogens is 506 g/mol. The first-order valence-electron chi connectivity index (χ1n) is 12.5. The van der Waals surface area contributed by atoms with Crippen LogP contribution in [-0.2, 0) is 6.42 Å². The number of aryl methyl sites for hydroxylation is 1. The molecule has 1 unspecified atom stereocenters. The van der Waals surface area contributed by atoms with Crippen LogP contribution in [0.15, 0.2) is 103 Å². The number of allylic oxidation sites excluding steroid dienone is 4. The summed E-state index contributed by atoms with van der Waals surface area (Å²) in [4.78, 5) is 0. The van der Waals surface area contributed by atoms with E-state index in [1.54, 1.807) is 50.2 Å². The number of aliphatic hydroxyl groups is 1. The van der Waals surface area contributed by atoms with Crippen molar-refractivity contribution in [3.05, 3.63) is 125 Å². The molecule has 3 rings (SSSR count). The van der Waals surface area contributed by atoms with Crippen LogP contribution in [0.25, 0.3) is 0 Å². The third-order valence-electron chi connectivity index (χ3n) is 5.62. The summed E-state index contributed by atoms with van der Waals surface area (Å²) in [6.45, 7) is 8.84. The Morgan fingerprint density at radius 1 is 1.03 bits per heavy atom. The fourth-order valence-corrected chi connectivity index (χ4v) is 3.65. The fourth-order valence-electron chi connectivity index (χ4n) is 3.65. The molecule has 3 aromatic rings. The van der Waals surface area contributed by atoms with Crippen LogP contribution >= 0.6 is 0 Å². The van der Waals surface area contributed by atoms with Crippen LogP contribution in [0.3, 0.4) is 0 Å². The van der Waals surface area contributed by atoms with Gasteiger partial charge in [0, 0.05) is 17.1 Å². The van der Waals surface area contributed by atoms with E-state index in [9.17, 15) is 22.7 Å². The molecule has 0 spiro atoms. The third kappa shape index (κ3) is 9.98. The highest BCUT2D eigenvalue weighted by molar-refractivity contribution is 5.52. The number of benzene rings is 3.